The Balaban J connectivity index is 1.69. The Morgan fingerprint density at radius 1 is 1.11 bits per heavy atom. The number of nitrogens with one attached hydrogen (secondary N) is 3. The molecular formula is C25H33N7O6. The van der Waals surface area contributed by atoms with Crippen LogP contribution >= 0.6 is 0 Å². The van der Waals surface area contributed by atoms with Crippen LogP contribution in [0.1, 0.15) is 36.9 Å². The Hall–Kier alpha value is -4.26. The van der Waals surface area contributed by atoms with Gasteiger partial charge in [0.25, 0.3) is 0 Å². The summed E-state index contributed by atoms with van der Waals surface area (Å²) in [6.07, 6.45) is 3.79. The first kappa shape index (κ1) is 28.3. The maximum atomic E-state index is 13.5. The molecule has 1 saturated heterocycles. The molecule has 4 unspecified atom stereocenters. The second-order valence-electron chi connectivity index (χ2n) is 9.23. The standard InChI is InChI=1S/C25H33N7O6/c26-17(12-16-13-28-14-29-16)22(34)30-18(8-9-21(27)33)24(36)32-10-4-7-20(32)23(35)31-19(25(37)38)11-15-5-2-1-3-6-15/h1-3,5-6,13-14,17-20H,4,7-12,26H2,(H2,27,33)(H,28,29)(H,30,34)(H,31,35)(H,37,38). The summed E-state index contributed by atoms with van der Waals surface area (Å²) in [7, 11) is 0. The van der Waals surface area contributed by atoms with Gasteiger partial charge in [0.2, 0.25) is 23.6 Å². The van der Waals surface area contributed by atoms with Crippen LogP contribution in [-0.4, -0.2) is 80.3 Å². The number of nitrogens with zero attached hydrogens (tertiary/aromatic N) is 2. The van der Waals surface area contributed by atoms with Gasteiger partial charge in [0.1, 0.15) is 18.1 Å². The number of likely N-dealkylation sites (tertiary alicyclic amines) is 1. The quantitative estimate of drug-likeness (QED) is 0.186. The molecule has 0 saturated carbocycles. The molecule has 13 nitrogen and oxygen atoms in total. The van der Waals surface area contributed by atoms with Crippen LogP contribution in [0.25, 0.3) is 0 Å². The van der Waals surface area contributed by atoms with Gasteiger partial charge in [0.15, 0.2) is 0 Å². The number of H-pyrrole nitrogens is 1. The van der Waals surface area contributed by atoms with Gasteiger partial charge >= 0.3 is 5.97 Å². The predicted molar refractivity (Wildman–Crippen MR) is 135 cm³/mol. The minimum absolute atomic E-state index is 0.0761. The minimum Gasteiger partial charge on any atom is -0.480 e. The normalized spacial score (nSPS) is 17.3. The first-order valence-corrected chi connectivity index (χ1v) is 12.3. The predicted octanol–water partition coefficient (Wildman–Crippen LogP) is -1.17. The molecule has 1 aliphatic rings. The zero-order valence-corrected chi connectivity index (χ0v) is 20.8. The molecule has 3 rings (SSSR count). The van der Waals surface area contributed by atoms with Crippen molar-refractivity contribution in [2.24, 2.45) is 11.5 Å². The Morgan fingerprint density at radius 2 is 1.84 bits per heavy atom. The number of aromatic nitrogens is 2. The molecule has 0 bridgehead atoms. The molecule has 2 aromatic rings. The number of carboxylic acids is 1. The smallest absolute Gasteiger partial charge is 0.326 e. The van der Waals surface area contributed by atoms with Crippen molar-refractivity contribution in [1.82, 2.24) is 25.5 Å². The van der Waals surface area contributed by atoms with E-state index < -0.39 is 53.8 Å². The molecule has 1 fully saturated rings. The van der Waals surface area contributed by atoms with E-state index in [1.54, 1.807) is 30.3 Å². The number of benzene rings is 1. The highest BCUT2D eigenvalue weighted by atomic mass is 16.4. The molecule has 0 spiro atoms. The summed E-state index contributed by atoms with van der Waals surface area (Å²) < 4.78 is 0. The average molecular weight is 528 g/mol. The van der Waals surface area contributed by atoms with Crippen molar-refractivity contribution in [3.63, 3.8) is 0 Å². The van der Waals surface area contributed by atoms with Crippen molar-refractivity contribution in [3.8, 4) is 0 Å². The van der Waals surface area contributed by atoms with E-state index in [0.29, 0.717) is 18.5 Å². The average Bonchev–Trinajstić information content (AvgIpc) is 3.58. The molecule has 1 aliphatic heterocycles. The zero-order valence-electron chi connectivity index (χ0n) is 20.8. The van der Waals surface area contributed by atoms with E-state index in [1.165, 1.54) is 17.4 Å². The number of imidazole rings is 1. The molecule has 0 aliphatic carbocycles. The lowest BCUT2D eigenvalue weighted by molar-refractivity contribution is -0.145. The Bertz CT molecular complexity index is 1120. The maximum Gasteiger partial charge on any atom is 0.326 e. The molecule has 8 N–H and O–H groups in total. The van der Waals surface area contributed by atoms with Crippen molar-refractivity contribution in [2.45, 2.75) is 62.7 Å². The first-order chi connectivity index (χ1) is 18.2. The van der Waals surface area contributed by atoms with Gasteiger partial charge in [0.05, 0.1) is 12.4 Å². The largest absolute Gasteiger partial charge is 0.480 e. The Kier molecular flexibility index (Phi) is 9.93. The highest BCUT2D eigenvalue weighted by molar-refractivity contribution is 5.94. The summed E-state index contributed by atoms with van der Waals surface area (Å²) in [5, 5.41) is 14.8. The van der Waals surface area contributed by atoms with E-state index in [1.807, 2.05) is 0 Å². The molecule has 1 aromatic carbocycles. The molecular weight excluding hydrogens is 494 g/mol. The topological polar surface area (TPSA) is 214 Å². The number of aromatic amines is 1. The highest BCUT2D eigenvalue weighted by Crippen LogP contribution is 2.20. The van der Waals surface area contributed by atoms with Crippen molar-refractivity contribution in [2.75, 3.05) is 6.54 Å². The van der Waals surface area contributed by atoms with Crippen molar-refractivity contribution in [3.05, 3.63) is 54.1 Å². The molecule has 4 amide bonds. The molecule has 4 atom stereocenters. The van der Waals surface area contributed by atoms with Crippen LogP contribution in [0.3, 0.4) is 0 Å². The lowest BCUT2D eigenvalue weighted by Gasteiger charge is -2.30. The molecule has 13 heteroatoms. The number of carboxylic acid groups (broad SMARTS) is 1. The number of amides is 4. The lowest BCUT2D eigenvalue weighted by Crippen LogP contribution is -2.57. The monoisotopic (exact) mass is 527 g/mol. The van der Waals surface area contributed by atoms with Gasteiger partial charge < -0.3 is 37.1 Å². The van der Waals surface area contributed by atoms with Gasteiger partial charge in [-0.3, -0.25) is 19.2 Å². The van der Waals surface area contributed by atoms with Crippen molar-refractivity contribution >= 4 is 29.6 Å². The van der Waals surface area contributed by atoms with Gasteiger partial charge in [-0.2, -0.15) is 0 Å². The number of hydrogen-bond donors (Lipinski definition) is 6. The third kappa shape index (κ3) is 7.87. The maximum absolute atomic E-state index is 13.5. The fourth-order valence-electron chi connectivity index (χ4n) is 4.37. The van der Waals surface area contributed by atoms with Crippen LogP contribution in [0.4, 0.5) is 0 Å². The van der Waals surface area contributed by atoms with E-state index in [4.69, 9.17) is 11.5 Å². The van der Waals surface area contributed by atoms with Gasteiger partial charge in [-0.25, -0.2) is 9.78 Å². The number of rotatable bonds is 13. The van der Waals surface area contributed by atoms with Gasteiger partial charge in [-0.1, -0.05) is 30.3 Å². The second kappa shape index (κ2) is 13.3. The van der Waals surface area contributed by atoms with Gasteiger partial charge in [-0.05, 0) is 24.8 Å². The van der Waals surface area contributed by atoms with Gasteiger partial charge in [-0.15, -0.1) is 0 Å². The summed E-state index contributed by atoms with van der Waals surface area (Å²) in [6.45, 7) is 0.233. The van der Waals surface area contributed by atoms with Crippen LogP contribution in [0.2, 0.25) is 0 Å². The fraction of sp³-hybridized carbons (Fsp3) is 0.440. The van der Waals surface area contributed by atoms with Crippen LogP contribution in [0.15, 0.2) is 42.9 Å². The summed E-state index contributed by atoms with van der Waals surface area (Å²) in [4.78, 5) is 70.6. The van der Waals surface area contributed by atoms with Crippen molar-refractivity contribution < 1.29 is 29.1 Å². The highest BCUT2D eigenvalue weighted by Gasteiger charge is 2.39. The molecule has 0 radical (unpaired) electrons. The molecule has 38 heavy (non-hydrogen) atoms. The van der Waals surface area contributed by atoms with Crippen LogP contribution in [-0.2, 0) is 36.8 Å². The minimum atomic E-state index is -1.20. The number of carbonyl (C=O) groups excluding carboxylic acids is 4. The third-order valence-electron chi connectivity index (χ3n) is 6.36. The number of primary amides is 1. The molecule has 204 valence electrons. The van der Waals surface area contributed by atoms with E-state index in [0.717, 1.165) is 5.56 Å². The molecule has 2 heterocycles. The molecule has 1 aromatic heterocycles. The van der Waals surface area contributed by atoms with Crippen LogP contribution in [0, 0.1) is 0 Å². The van der Waals surface area contributed by atoms with E-state index >= 15 is 0 Å². The Labute approximate surface area is 219 Å². The summed E-state index contributed by atoms with van der Waals surface area (Å²) >= 11 is 0. The second-order valence-corrected chi connectivity index (χ2v) is 9.23. The van der Waals surface area contributed by atoms with E-state index in [-0.39, 0.29) is 32.2 Å². The summed E-state index contributed by atoms with van der Waals surface area (Å²) in [5.41, 5.74) is 12.6. The lowest BCUT2D eigenvalue weighted by atomic mass is 10.0. The number of aliphatic carboxylic acids is 1. The summed E-state index contributed by atoms with van der Waals surface area (Å²) in [5.74, 6) is -3.64. The first-order valence-electron chi connectivity index (χ1n) is 12.3. The van der Waals surface area contributed by atoms with Crippen LogP contribution in [0.5, 0.6) is 0 Å². The SMILES string of the molecule is NC(=O)CCC(NC(=O)C(N)Cc1cnc[nH]1)C(=O)N1CCCC1C(=O)NC(Cc1ccccc1)C(=O)O. The number of hydrogen-bond acceptors (Lipinski definition) is 7. The zero-order chi connectivity index (χ0) is 27.7. The van der Waals surface area contributed by atoms with E-state index in [9.17, 15) is 29.1 Å². The van der Waals surface area contributed by atoms with Gasteiger partial charge in [0, 0.05) is 37.7 Å². The summed E-state index contributed by atoms with van der Waals surface area (Å²) in [6, 6.07) is 4.62. The fourth-order valence-corrected chi connectivity index (χ4v) is 4.37. The third-order valence-corrected chi connectivity index (χ3v) is 6.36. The number of carbonyl (C=O) groups is 5. The van der Waals surface area contributed by atoms with Crippen LogP contribution < -0.4 is 22.1 Å². The van der Waals surface area contributed by atoms with Crippen molar-refractivity contribution in [1.29, 1.82) is 0 Å². The Morgan fingerprint density at radius 3 is 2.47 bits per heavy atom. The number of nitrogens with two attached hydrogens (primary N) is 2. The van der Waals surface area contributed by atoms with E-state index in [2.05, 4.69) is 20.6 Å².